The van der Waals surface area contributed by atoms with E-state index in [-0.39, 0.29) is 18.9 Å². The zero-order valence-electron chi connectivity index (χ0n) is 18.5. The normalized spacial score (nSPS) is 13.5. The lowest BCUT2D eigenvalue weighted by atomic mass is 10.0. The lowest BCUT2D eigenvalue weighted by Gasteiger charge is -2.26. The lowest BCUT2D eigenvalue weighted by molar-refractivity contribution is -0.150. The van der Waals surface area contributed by atoms with Crippen molar-refractivity contribution in [3.8, 4) is 5.75 Å². The Morgan fingerprint density at radius 2 is 1.94 bits per heavy atom. The van der Waals surface area contributed by atoms with E-state index in [0.29, 0.717) is 18.9 Å². The van der Waals surface area contributed by atoms with Crippen molar-refractivity contribution in [2.75, 3.05) is 13.2 Å². The summed E-state index contributed by atoms with van der Waals surface area (Å²) in [5.41, 5.74) is 3.58. The van der Waals surface area contributed by atoms with Crippen LogP contribution < -0.4 is 4.74 Å². The van der Waals surface area contributed by atoms with Crippen LogP contribution in [0.4, 0.5) is 0 Å². The second-order valence-corrected chi connectivity index (χ2v) is 7.65. The summed E-state index contributed by atoms with van der Waals surface area (Å²) >= 11 is 0. The van der Waals surface area contributed by atoms with Gasteiger partial charge in [-0.2, -0.15) is 0 Å². The standard InChI is InChI=1S/C24H30N2O5/c1-4-26(20-8-6-5-7-9-20)23(27)16-30-24(28)14-19-10-12-21(13-11-19)29-15-22-17(2)25-31-18(22)3/h8,10-13H,4-7,9,14-16H2,1-3H3. The number of hydrogen-bond donors (Lipinski definition) is 0. The van der Waals surface area contributed by atoms with Crippen LogP contribution in [0.3, 0.4) is 0 Å². The molecule has 0 saturated heterocycles. The van der Waals surface area contributed by atoms with E-state index in [1.54, 1.807) is 17.0 Å². The van der Waals surface area contributed by atoms with Gasteiger partial charge >= 0.3 is 5.97 Å². The van der Waals surface area contributed by atoms with Crippen molar-refractivity contribution in [1.82, 2.24) is 10.1 Å². The summed E-state index contributed by atoms with van der Waals surface area (Å²) in [4.78, 5) is 26.4. The van der Waals surface area contributed by atoms with Gasteiger partial charge < -0.3 is 18.9 Å². The van der Waals surface area contributed by atoms with E-state index in [0.717, 1.165) is 54.0 Å². The van der Waals surface area contributed by atoms with Gasteiger partial charge in [-0.05, 0) is 64.2 Å². The van der Waals surface area contributed by atoms with Crippen LogP contribution in [0.2, 0.25) is 0 Å². The quantitative estimate of drug-likeness (QED) is 0.557. The van der Waals surface area contributed by atoms with Gasteiger partial charge in [0.1, 0.15) is 18.1 Å². The Bertz CT molecular complexity index is 910. The minimum absolute atomic E-state index is 0.103. The molecule has 0 saturated carbocycles. The van der Waals surface area contributed by atoms with Crippen LogP contribution in [0.25, 0.3) is 0 Å². The number of amides is 1. The van der Waals surface area contributed by atoms with E-state index in [4.69, 9.17) is 14.0 Å². The molecule has 1 aromatic carbocycles. The molecule has 0 bridgehead atoms. The van der Waals surface area contributed by atoms with Gasteiger partial charge in [-0.1, -0.05) is 23.4 Å². The van der Waals surface area contributed by atoms with Crippen molar-refractivity contribution in [1.29, 1.82) is 0 Å². The molecule has 7 heteroatoms. The monoisotopic (exact) mass is 426 g/mol. The number of benzene rings is 1. The molecule has 166 valence electrons. The number of carbonyl (C=O) groups excluding carboxylic acids is 2. The number of likely N-dealkylation sites (N-methyl/N-ethyl adjacent to an activating group) is 1. The minimum Gasteiger partial charge on any atom is -0.489 e. The highest BCUT2D eigenvalue weighted by molar-refractivity contribution is 5.82. The van der Waals surface area contributed by atoms with Gasteiger partial charge in [0.25, 0.3) is 5.91 Å². The van der Waals surface area contributed by atoms with Gasteiger partial charge in [0, 0.05) is 12.2 Å². The maximum atomic E-state index is 12.5. The molecule has 0 aliphatic heterocycles. The Hall–Kier alpha value is -3.09. The van der Waals surface area contributed by atoms with E-state index in [1.807, 2.05) is 32.9 Å². The third kappa shape index (κ3) is 6.20. The lowest BCUT2D eigenvalue weighted by Crippen LogP contribution is -2.34. The van der Waals surface area contributed by atoms with Crippen LogP contribution in [0.5, 0.6) is 5.75 Å². The predicted molar refractivity (Wildman–Crippen MR) is 115 cm³/mol. The number of nitrogens with zero attached hydrogens (tertiary/aromatic N) is 2. The second kappa shape index (κ2) is 10.8. The highest BCUT2D eigenvalue weighted by atomic mass is 16.5. The Morgan fingerprint density at radius 1 is 1.16 bits per heavy atom. The first-order valence-corrected chi connectivity index (χ1v) is 10.8. The summed E-state index contributed by atoms with van der Waals surface area (Å²) < 4.78 is 16.1. The molecular weight excluding hydrogens is 396 g/mol. The number of ether oxygens (including phenoxy) is 2. The Kier molecular flexibility index (Phi) is 7.87. The van der Waals surface area contributed by atoms with Crippen molar-refractivity contribution in [3.63, 3.8) is 0 Å². The van der Waals surface area contributed by atoms with Crippen molar-refractivity contribution in [2.24, 2.45) is 0 Å². The maximum Gasteiger partial charge on any atom is 0.310 e. The van der Waals surface area contributed by atoms with Gasteiger partial charge in [-0.25, -0.2) is 0 Å². The van der Waals surface area contributed by atoms with Crippen LogP contribution >= 0.6 is 0 Å². The molecule has 0 spiro atoms. The van der Waals surface area contributed by atoms with Crippen LogP contribution in [0.1, 0.15) is 55.2 Å². The molecule has 0 fully saturated rings. The summed E-state index contributed by atoms with van der Waals surface area (Å²) in [5, 5.41) is 3.91. The molecule has 1 amide bonds. The van der Waals surface area contributed by atoms with E-state index in [2.05, 4.69) is 11.2 Å². The molecule has 31 heavy (non-hydrogen) atoms. The first-order valence-electron chi connectivity index (χ1n) is 10.8. The molecule has 2 aromatic rings. The fraction of sp³-hybridized carbons (Fsp3) is 0.458. The summed E-state index contributed by atoms with van der Waals surface area (Å²) in [6.07, 6.45) is 6.37. The van der Waals surface area contributed by atoms with Crippen molar-refractivity contribution in [3.05, 3.63) is 58.6 Å². The number of allylic oxidation sites excluding steroid dienone is 2. The minimum atomic E-state index is -0.425. The van der Waals surface area contributed by atoms with E-state index >= 15 is 0 Å². The molecule has 1 aliphatic rings. The molecule has 7 nitrogen and oxygen atoms in total. The molecule has 0 radical (unpaired) electrons. The second-order valence-electron chi connectivity index (χ2n) is 7.65. The molecule has 0 unspecified atom stereocenters. The summed E-state index contributed by atoms with van der Waals surface area (Å²) in [7, 11) is 0. The van der Waals surface area contributed by atoms with Crippen LogP contribution in [0.15, 0.2) is 40.6 Å². The van der Waals surface area contributed by atoms with Gasteiger partial charge in [0.15, 0.2) is 6.61 Å². The zero-order chi connectivity index (χ0) is 22.2. The van der Waals surface area contributed by atoms with E-state index in [9.17, 15) is 9.59 Å². The number of carbonyl (C=O) groups is 2. The molecule has 0 atom stereocenters. The number of esters is 1. The highest BCUT2D eigenvalue weighted by Gasteiger charge is 2.19. The molecule has 1 aromatic heterocycles. The third-order valence-electron chi connectivity index (χ3n) is 5.42. The average Bonchev–Trinajstić information content (AvgIpc) is 3.10. The summed E-state index contributed by atoms with van der Waals surface area (Å²) in [6.45, 7) is 6.38. The van der Waals surface area contributed by atoms with Gasteiger partial charge in [-0.3, -0.25) is 9.59 Å². The fourth-order valence-electron chi connectivity index (χ4n) is 3.61. The van der Waals surface area contributed by atoms with Gasteiger partial charge in [0.2, 0.25) is 0 Å². The predicted octanol–water partition coefficient (Wildman–Crippen LogP) is 4.26. The van der Waals surface area contributed by atoms with Crippen molar-refractivity contribution in [2.45, 2.75) is 59.5 Å². The zero-order valence-corrected chi connectivity index (χ0v) is 18.5. The smallest absolute Gasteiger partial charge is 0.310 e. The first kappa shape index (κ1) is 22.6. The van der Waals surface area contributed by atoms with Gasteiger partial charge in [0.05, 0.1) is 17.7 Å². The third-order valence-corrected chi connectivity index (χ3v) is 5.42. The molecular formula is C24H30N2O5. The highest BCUT2D eigenvalue weighted by Crippen LogP contribution is 2.21. The Morgan fingerprint density at radius 3 is 2.55 bits per heavy atom. The Labute approximate surface area is 183 Å². The van der Waals surface area contributed by atoms with Crippen LogP contribution in [-0.4, -0.2) is 35.1 Å². The average molecular weight is 427 g/mol. The molecule has 0 N–H and O–H groups in total. The van der Waals surface area contributed by atoms with E-state index < -0.39 is 5.97 Å². The molecule has 1 heterocycles. The largest absolute Gasteiger partial charge is 0.489 e. The number of aromatic nitrogens is 1. The van der Waals surface area contributed by atoms with E-state index in [1.165, 1.54) is 0 Å². The van der Waals surface area contributed by atoms with Gasteiger partial charge in [-0.15, -0.1) is 0 Å². The SMILES string of the molecule is CCN(C(=O)COC(=O)Cc1ccc(OCc2c(C)noc2C)cc1)C1=CCCCC1. The fourth-order valence-corrected chi connectivity index (χ4v) is 3.61. The topological polar surface area (TPSA) is 81.9 Å². The summed E-state index contributed by atoms with van der Waals surface area (Å²) in [5.74, 6) is 0.831. The van der Waals surface area contributed by atoms with Crippen LogP contribution in [0, 0.1) is 13.8 Å². The van der Waals surface area contributed by atoms with Crippen molar-refractivity contribution >= 4 is 11.9 Å². The Balaban J connectivity index is 1.45. The number of hydrogen-bond acceptors (Lipinski definition) is 6. The van der Waals surface area contributed by atoms with Crippen LogP contribution in [-0.2, 0) is 27.4 Å². The molecule has 3 rings (SSSR count). The summed E-state index contributed by atoms with van der Waals surface area (Å²) in [6, 6.07) is 7.24. The number of aryl methyl sites for hydroxylation is 2. The maximum absolute atomic E-state index is 12.5. The number of rotatable bonds is 9. The van der Waals surface area contributed by atoms with Crippen molar-refractivity contribution < 1.29 is 23.6 Å². The molecule has 1 aliphatic carbocycles. The first-order chi connectivity index (χ1) is 15.0.